The molecule has 0 spiro atoms. The van der Waals surface area contributed by atoms with Gasteiger partial charge in [-0.2, -0.15) is 0 Å². The van der Waals surface area contributed by atoms with Gasteiger partial charge in [0.1, 0.15) is 18.2 Å². The van der Waals surface area contributed by atoms with Crippen molar-refractivity contribution in [3.63, 3.8) is 0 Å². The van der Waals surface area contributed by atoms with Crippen LogP contribution in [0, 0.1) is 12.7 Å². The van der Waals surface area contributed by atoms with E-state index < -0.39 is 21.7 Å². The number of ether oxygens (including phenoxy) is 1. The van der Waals surface area contributed by atoms with Crippen LogP contribution in [-0.4, -0.2) is 20.9 Å². The van der Waals surface area contributed by atoms with Crippen LogP contribution in [0.1, 0.15) is 15.9 Å². The van der Waals surface area contributed by atoms with Crippen molar-refractivity contribution in [1.82, 2.24) is 10.3 Å². The van der Waals surface area contributed by atoms with E-state index in [2.05, 4.69) is 6.58 Å². The summed E-state index contributed by atoms with van der Waals surface area (Å²) >= 11 is 0. The lowest BCUT2D eigenvalue weighted by Gasteiger charge is -2.12. The molecule has 25 heavy (non-hydrogen) atoms. The Balaban J connectivity index is 2.18. The topological polar surface area (TPSA) is 84.5 Å². The van der Waals surface area contributed by atoms with Crippen LogP contribution in [0.25, 0.3) is 0 Å². The third-order valence-corrected chi connectivity index (χ3v) is 4.46. The van der Waals surface area contributed by atoms with Gasteiger partial charge in [-0.25, -0.2) is 12.8 Å². The molecule has 8 heteroatoms. The van der Waals surface area contributed by atoms with Gasteiger partial charge in [0.05, 0.1) is 10.5 Å². The van der Waals surface area contributed by atoms with Gasteiger partial charge in [0, 0.05) is 0 Å². The normalized spacial score (nSPS) is 11.0. The Bertz CT molecular complexity index is 883. The van der Waals surface area contributed by atoms with E-state index in [-0.39, 0.29) is 28.4 Å². The molecule has 0 saturated carbocycles. The Kier molecular flexibility index (Phi) is 5.89. The molecule has 2 aromatic rings. The third kappa shape index (κ3) is 4.65. The van der Waals surface area contributed by atoms with Crippen molar-refractivity contribution >= 4 is 15.9 Å². The quantitative estimate of drug-likeness (QED) is 0.583. The number of sulfonamides is 1. The van der Waals surface area contributed by atoms with Gasteiger partial charge in [-0.05, 0) is 36.8 Å². The highest BCUT2D eigenvalue weighted by Gasteiger charge is 2.19. The molecule has 2 aromatic carbocycles. The van der Waals surface area contributed by atoms with Crippen molar-refractivity contribution < 1.29 is 22.3 Å². The molecule has 0 aliphatic carbocycles. The fourth-order valence-corrected chi connectivity index (χ4v) is 2.84. The number of nitrogens with one attached hydrogen (secondary N) is 2. The molecule has 0 atom stereocenters. The minimum absolute atomic E-state index is 0.0324. The first-order valence-electron chi connectivity index (χ1n) is 7.26. The monoisotopic (exact) mass is 364 g/mol. The second kappa shape index (κ2) is 7.91. The van der Waals surface area contributed by atoms with Crippen LogP contribution in [0.3, 0.4) is 0 Å². The van der Waals surface area contributed by atoms with Gasteiger partial charge in [-0.1, -0.05) is 30.9 Å². The molecule has 2 rings (SSSR count). The van der Waals surface area contributed by atoms with Crippen LogP contribution < -0.4 is 15.0 Å². The summed E-state index contributed by atoms with van der Waals surface area (Å²) in [6, 6.07) is 10.1. The Morgan fingerprint density at radius 2 is 1.96 bits per heavy atom. The maximum atomic E-state index is 14.2. The van der Waals surface area contributed by atoms with E-state index >= 15 is 0 Å². The number of hydrogen-bond donors (Lipinski definition) is 2. The molecule has 1 amide bonds. The molecule has 0 aliphatic rings. The van der Waals surface area contributed by atoms with Gasteiger partial charge >= 0.3 is 0 Å². The summed E-state index contributed by atoms with van der Waals surface area (Å²) in [6.07, 6.45) is 1.51. The van der Waals surface area contributed by atoms with Crippen LogP contribution in [0.4, 0.5) is 4.39 Å². The number of rotatable bonds is 7. The minimum atomic E-state index is -3.96. The first kappa shape index (κ1) is 18.6. The number of aryl methyl sites for hydroxylation is 1. The molecule has 2 N–H and O–H groups in total. The van der Waals surface area contributed by atoms with Crippen molar-refractivity contribution in [2.24, 2.45) is 0 Å². The molecule has 0 bridgehead atoms. The minimum Gasteiger partial charge on any atom is -0.490 e. The van der Waals surface area contributed by atoms with Crippen LogP contribution in [0.2, 0.25) is 0 Å². The lowest BCUT2D eigenvalue weighted by molar-refractivity contribution is 0.0940. The van der Waals surface area contributed by atoms with E-state index in [1.54, 1.807) is 18.2 Å². The van der Waals surface area contributed by atoms with Crippen LogP contribution in [-0.2, 0) is 10.0 Å². The van der Waals surface area contributed by atoms with Crippen LogP contribution in [0.15, 0.2) is 60.0 Å². The van der Waals surface area contributed by atoms with Crippen LogP contribution >= 0.6 is 0 Å². The Hall–Kier alpha value is -2.71. The molecule has 0 aromatic heterocycles. The number of carbonyl (C=O) groups excluding carboxylic acids is 1. The average molecular weight is 364 g/mol. The molecule has 0 radical (unpaired) electrons. The Labute approximate surface area is 145 Å². The summed E-state index contributed by atoms with van der Waals surface area (Å²) in [7, 11) is -3.96. The van der Waals surface area contributed by atoms with Crippen molar-refractivity contribution in [3.05, 3.63) is 72.1 Å². The van der Waals surface area contributed by atoms with E-state index in [4.69, 9.17) is 4.74 Å². The van der Waals surface area contributed by atoms with E-state index in [0.717, 1.165) is 0 Å². The van der Waals surface area contributed by atoms with E-state index in [1.165, 1.54) is 37.3 Å². The highest BCUT2D eigenvalue weighted by atomic mass is 32.2. The zero-order valence-electron chi connectivity index (χ0n) is 13.5. The fourth-order valence-electron chi connectivity index (χ4n) is 1.98. The van der Waals surface area contributed by atoms with Crippen molar-refractivity contribution in [1.29, 1.82) is 0 Å². The molecule has 0 fully saturated rings. The summed E-state index contributed by atoms with van der Waals surface area (Å²) in [6.45, 7) is 5.16. The standard InChI is InChI=1S/C17H17FN2O4S/c1-3-9-24-13-10-12(2)16(18)15(11-13)17(21)19-20-25(22,23)14-7-5-4-6-8-14/h3-8,10-11,20H,1,9H2,2H3,(H,19,21). The van der Waals surface area contributed by atoms with Gasteiger partial charge in [0.25, 0.3) is 15.9 Å². The number of hydrogen-bond acceptors (Lipinski definition) is 4. The molecule has 0 aliphatic heterocycles. The van der Waals surface area contributed by atoms with E-state index in [9.17, 15) is 17.6 Å². The molecular formula is C17H17FN2O4S. The molecule has 0 saturated heterocycles. The Morgan fingerprint density at radius 1 is 1.28 bits per heavy atom. The molecule has 132 valence electrons. The fraction of sp³-hybridized carbons (Fsp3) is 0.118. The predicted molar refractivity (Wildman–Crippen MR) is 91.1 cm³/mol. The smallest absolute Gasteiger partial charge is 0.269 e. The zero-order chi connectivity index (χ0) is 18.4. The van der Waals surface area contributed by atoms with Gasteiger partial charge < -0.3 is 4.74 Å². The number of carbonyl (C=O) groups is 1. The summed E-state index contributed by atoms with van der Waals surface area (Å²) in [5.41, 5.74) is 1.85. The maximum absolute atomic E-state index is 14.2. The Morgan fingerprint density at radius 3 is 2.60 bits per heavy atom. The predicted octanol–water partition coefficient (Wildman–Crippen LogP) is 2.32. The maximum Gasteiger partial charge on any atom is 0.269 e. The highest BCUT2D eigenvalue weighted by molar-refractivity contribution is 7.89. The van der Waals surface area contributed by atoms with Gasteiger partial charge in [0.2, 0.25) is 0 Å². The summed E-state index contributed by atoms with van der Waals surface area (Å²) < 4.78 is 43.6. The number of benzene rings is 2. The first-order valence-corrected chi connectivity index (χ1v) is 8.74. The highest BCUT2D eigenvalue weighted by Crippen LogP contribution is 2.21. The van der Waals surface area contributed by atoms with E-state index in [0.29, 0.717) is 0 Å². The molecule has 0 unspecified atom stereocenters. The second-order valence-corrected chi connectivity index (χ2v) is 6.76. The van der Waals surface area contributed by atoms with Crippen molar-refractivity contribution in [3.8, 4) is 5.75 Å². The average Bonchev–Trinajstić information content (AvgIpc) is 2.61. The largest absolute Gasteiger partial charge is 0.490 e. The summed E-state index contributed by atoms with van der Waals surface area (Å²) in [4.78, 5) is 14.1. The molecule has 6 nitrogen and oxygen atoms in total. The zero-order valence-corrected chi connectivity index (χ0v) is 14.3. The van der Waals surface area contributed by atoms with Crippen LogP contribution in [0.5, 0.6) is 5.75 Å². The number of amides is 1. The van der Waals surface area contributed by atoms with Gasteiger partial charge in [0.15, 0.2) is 0 Å². The lowest BCUT2D eigenvalue weighted by Crippen LogP contribution is -2.41. The molecule has 0 heterocycles. The lowest BCUT2D eigenvalue weighted by atomic mass is 10.1. The second-order valence-electron chi connectivity index (χ2n) is 5.07. The number of hydrazine groups is 1. The summed E-state index contributed by atoms with van der Waals surface area (Å²) in [5, 5.41) is 0. The van der Waals surface area contributed by atoms with E-state index in [1.807, 2.05) is 10.3 Å². The SMILES string of the molecule is C=CCOc1cc(C)c(F)c(C(=O)NNS(=O)(=O)c2ccccc2)c1. The van der Waals surface area contributed by atoms with Crippen molar-refractivity contribution in [2.45, 2.75) is 11.8 Å². The molecular weight excluding hydrogens is 347 g/mol. The van der Waals surface area contributed by atoms with Gasteiger partial charge in [-0.3, -0.25) is 10.2 Å². The summed E-state index contributed by atoms with van der Waals surface area (Å²) in [5.74, 6) is -1.43. The number of halogens is 1. The van der Waals surface area contributed by atoms with Crippen molar-refractivity contribution in [2.75, 3.05) is 6.61 Å². The third-order valence-electron chi connectivity index (χ3n) is 3.19. The van der Waals surface area contributed by atoms with Gasteiger partial charge in [-0.15, -0.1) is 4.83 Å². The first-order chi connectivity index (χ1) is 11.8.